The number of nitrogens with zero attached hydrogens (tertiary/aromatic N) is 3. The lowest BCUT2D eigenvalue weighted by atomic mass is 10.1. The highest BCUT2D eigenvalue weighted by molar-refractivity contribution is 14.0. The average Bonchev–Trinajstić information content (AvgIpc) is 3.13. The van der Waals surface area contributed by atoms with Crippen LogP contribution < -0.4 is 10.6 Å². The Hall–Kier alpha value is -0.810. The molecule has 0 aromatic carbocycles. The smallest absolute Gasteiger partial charge is 0.211 e. The number of sulfonamides is 1. The molecule has 9 heteroatoms. The topological polar surface area (TPSA) is 78.7 Å². The summed E-state index contributed by atoms with van der Waals surface area (Å²) in [5.41, 5.74) is 0. The number of aromatic nitrogens is 1. The van der Waals surface area contributed by atoms with Crippen molar-refractivity contribution in [1.29, 1.82) is 0 Å². The highest BCUT2D eigenvalue weighted by Gasteiger charge is 2.28. The Bertz CT molecular complexity index is 588. The van der Waals surface area contributed by atoms with Gasteiger partial charge in [-0.25, -0.2) is 12.7 Å². The van der Waals surface area contributed by atoms with Crippen LogP contribution in [0.25, 0.3) is 0 Å². The first-order valence-corrected chi connectivity index (χ1v) is 9.34. The summed E-state index contributed by atoms with van der Waals surface area (Å²) in [5.74, 6) is 1.09. The molecule has 0 radical (unpaired) electrons. The largest absolute Gasteiger partial charge is 0.356 e. The third-order valence-electron chi connectivity index (χ3n) is 3.83. The van der Waals surface area contributed by atoms with Crippen LogP contribution in [0.3, 0.4) is 0 Å². The summed E-state index contributed by atoms with van der Waals surface area (Å²) in [6, 6.07) is 4.00. The first-order chi connectivity index (χ1) is 10.5. The van der Waals surface area contributed by atoms with Gasteiger partial charge in [0, 0.05) is 52.2 Å². The van der Waals surface area contributed by atoms with Crippen LogP contribution in [0.2, 0.25) is 0 Å². The predicted molar refractivity (Wildman–Crippen MR) is 104 cm³/mol. The molecule has 23 heavy (non-hydrogen) atoms. The highest BCUT2D eigenvalue weighted by Crippen LogP contribution is 2.17. The van der Waals surface area contributed by atoms with Crippen LogP contribution in [0.15, 0.2) is 29.5 Å². The maximum absolute atomic E-state index is 11.5. The van der Waals surface area contributed by atoms with E-state index in [1.54, 1.807) is 11.4 Å². The molecule has 1 aliphatic rings. The van der Waals surface area contributed by atoms with Gasteiger partial charge in [0.25, 0.3) is 0 Å². The van der Waals surface area contributed by atoms with Gasteiger partial charge in [-0.05, 0) is 24.5 Å². The van der Waals surface area contributed by atoms with E-state index in [1.165, 1.54) is 6.26 Å². The highest BCUT2D eigenvalue weighted by atomic mass is 127. The van der Waals surface area contributed by atoms with Crippen molar-refractivity contribution in [2.45, 2.75) is 13.0 Å². The van der Waals surface area contributed by atoms with Crippen LogP contribution >= 0.6 is 24.0 Å². The first kappa shape index (κ1) is 20.2. The number of rotatable bonds is 6. The quantitative estimate of drug-likeness (QED) is 0.373. The number of hydrogen-bond donors (Lipinski definition) is 2. The first-order valence-electron chi connectivity index (χ1n) is 7.49. The molecule has 0 aliphatic carbocycles. The molecule has 132 valence electrons. The molecule has 1 fully saturated rings. The van der Waals surface area contributed by atoms with Crippen LogP contribution in [0.5, 0.6) is 0 Å². The maximum Gasteiger partial charge on any atom is 0.211 e. The fourth-order valence-electron chi connectivity index (χ4n) is 2.55. The van der Waals surface area contributed by atoms with Gasteiger partial charge in [0.15, 0.2) is 5.96 Å². The van der Waals surface area contributed by atoms with Crippen molar-refractivity contribution in [3.8, 4) is 0 Å². The third-order valence-corrected chi connectivity index (χ3v) is 5.10. The Morgan fingerprint density at radius 2 is 2.00 bits per heavy atom. The SMILES string of the molecule is CN=C(NCCn1cccc1)NCC1CCN(S(C)(=O)=O)C1.I. The third kappa shape index (κ3) is 6.68. The van der Waals surface area contributed by atoms with Crippen molar-refractivity contribution in [3.05, 3.63) is 24.5 Å². The lowest BCUT2D eigenvalue weighted by Gasteiger charge is -2.16. The van der Waals surface area contributed by atoms with Gasteiger partial charge in [0.1, 0.15) is 0 Å². The Balaban J connectivity index is 0.00000264. The molecule has 7 nitrogen and oxygen atoms in total. The van der Waals surface area contributed by atoms with E-state index in [0.717, 1.165) is 32.0 Å². The minimum Gasteiger partial charge on any atom is -0.356 e. The van der Waals surface area contributed by atoms with Crippen molar-refractivity contribution >= 4 is 40.0 Å². The molecular weight excluding hydrogens is 429 g/mol. The molecule has 0 amide bonds. The lowest BCUT2D eigenvalue weighted by molar-refractivity contribution is 0.458. The molecule has 2 heterocycles. The summed E-state index contributed by atoms with van der Waals surface area (Å²) in [4.78, 5) is 4.19. The van der Waals surface area contributed by atoms with Crippen LogP contribution in [-0.4, -0.2) is 62.7 Å². The monoisotopic (exact) mass is 455 g/mol. The summed E-state index contributed by atoms with van der Waals surface area (Å²) in [7, 11) is -1.32. The lowest BCUT2D eigenvalue weighted by Crippen LogP contribution is -2.41. The number of guanidine groups is 1. The van der Waals surface area contributed by atoms with Gasteiger partial charge in [-0.3, -0.25) is 4.99 Å². The molecule has 0 spiro atoms. The van der Waals surface area contributed by atoms with Crippen molar-refractivity contribution in [3.63, 3.8) is 0 Å². The fraction of sp³-hybridized carbons (Fsp3) is 0.643. The van der Waals surface area contributed by atoms with E-state index in [2.05, 4.69) is 20.2 Å². The zero-order valence-electron chi connectivity index (χ0n) is 13.6. The number of nitrogens with one attached hydrogen (secondary N) is 2. The van der Waals surface area contributed by atoms with Gasteiger partial charge in [-0.1, -0.05) is 0 Å². The van der Waals surface area contributed by atoms with E-state index in [-0.39, 0.29) is 24.0 Å². The Morgan fingerprint density at radius 3 is 2.57 bits per heavy atom. The summed E-state index contributed by atoms with van der Waals surface area (Å²) in [5, 5.41) is 6.53. The number of halogens is 1. The van der Waals surface area contributed by atoms with E-state index in [1.807, 2.05) is 24.5 Å². The zero-order valence-corrected chi connectivity index (χ0v) is 16.8. The van der Waals surface area contributed by atoms with Gasteiger partial charge < -0.3 is 15.2 Å². The van der Waals surface area contributed by atoms with E-state index >= 15 is 0 Å². The normalized spacial score (nSPS) is 19.4. The molecule has 1 aromatic rings. The van der Waals surface area contributed by atoms with Crippen molar-refractivity contribution in [1.82, 2.24) is 19.5 Å². The molecule has 2 N–H and O–H groups in total. The van der Waals surface area contributed by atoms with E-state index in [9.17, 15) is 8.42 Å². The standard InChI is InChI=1S/C14H25N5O2S.HI/c1-15-14(16-6-10-18-7-3-4-8-18)17-11-13-5-9-19(12-13)22(2,20)21;/h3-4,7-8,13H,5-6,9-12H2,1-2H3,(H2,15,16,17);1H. The van der Waals surface area contributed by atoms with E-state index in [4.69, 9.17) is 0 Å². The molecule has 1 saturated heterocycles. The molecule has 2 rings (SSSR count). The van der Waals surface area contributed by atoms with Crippen molar-refractivity contribution in [2.75, 3.05) is 39.5 Å². The Morgan fingerprint density at radius 1 is 1.30 bits per heavy atom. The molecule has 0 bridgehead atoms. The second-order valence-corrected chi connectivity index (χ2v) is 7.56. The predicted octanol–water partition coefficient (Wildman–Crippen LogP) is 0.553. The summed E-state index contributed by atoms with van der Waals surface area (Å²) in [6.45, 7) is 3.60. The van der Waals surface area contributed by atoms with Crippen molar-refractivity contribution in [2.24, 2.45) is 10.9 Å². The molecule has 1 atom stereocenters. The Labute approximate surface area is 155 Å². The fourth-order valence-corrected chi connectivity index (χ4v) is 3.47. The second kappa shape index (κ2) is 9.48. The van der Waals surface area contributed by atoms with Gasteiger partial charge in [-0.15, -0.1) is 24.0 Å². The summed E-state index contributed by atoms with van der Waals surface area (Å²) < 4.78 is 26.6. The van der Waals surface area contributed by atoms with E-state index in [0.29, 0.717) is 19.0 Å². The molecular formula is C14H26IN5O2S. The minimum atomic E-state index is -3.06. The molecule has 0 saturated carbocycles. The van der Waals surface area contributed by atoms with Crippen LogP contribution in [-0.2, 0) is 16.6 Å². The summed E-state index contributed by atoms with van der Waals surface area (Å²) in [6.07, 6.45) is 6.21. The van der Waals surface area contributed by atoms with Crippen LogP contribution in [0.4, 0.5) is 0 Å². The van der Waals surface area contributed by atoms with E-state index < -0.39 is 10.0 Å². The molecule has 1 aromatic heterocycles. The van der Waals surface area contributed by atoms with Crippen molar-refractivity contribution < 1.29 is 8.42 Å². The summed E-state index contributed by atoms with van der Waals surface area (Å²) >= 11 is 0. The molecule has 1 aliphatic heterocycles. The van der Waals surface area contributed by atoms with Crippen LogP contribution in [0.1, 0.15) is 6.42 Å². The molecule has 1 unspecified atom stereocenters. The van der Waals surface area contributed by atoms with Gasteiger partial charge in [-0.2, -0.15) is 0 Å². The average molecular weight is 455 g/mol. The number of hydrogen-bond acceptors (Lipinski definition) is 3. The van der Waals surface area contributed by atoms with Crippen LogP contribution in [0, 0.1) is 5.92 Å². The van der Waals surface area contributed by atoms with Gasteiger partial charge in [0.2, 0.25) is 10.0 Å². The van der Waals surface area contributed by atoms with Gasteiger partial charge >= 0.3 is 0 Å². The van der Waals surface area contributed by atoms with Gasteiger partial charge in [0.05, 0.1) is 6.26 Å². The number of aliphatic imine (C=N–C) groups is 1. The zero-order chi connectivity index (χ0) is 16.0. The second-order valence-electron chi connectivity index (χ2n) is 5.58. The minimum absolute atomic E-state index is 0. The Kier molecular flexibility index (Phi) is 8.34. The maximum atomic E-state index is 11.5.